The number of amides is 2. The van der Waals surface area contributed by atoms with E-state index < -0.39 is 6.04 Å². The van der Waals surface area contributed by atoms with E-state index in [-0.39, 0.29) is 11.8 Å². The number of nitrogens with one attached hydrogen (secondary N) is 1. The maximum atomic E-state index is 12.7. The van der Waals surface area contributed by atoms with Gasteiger partial charge in [0, 0.05) is 18.7 Å². The first-order valence-corrected chi connectivity index (χ1v) is 9.26. The molecule has 1 aliphatic heterocycles. The number of benzene rings is 2. The second-order valence-corrected chi connectivity index (χ2v) is 7.08. The average molecular weight is 350 g/mol. The van der Waals surface area contributed by atoms with E-state index in [4.69, 9.17) is 0 Å². The molecule has 0 aromatic heterocycles. The van der Waals surface area contributed by atoms with Crippen LogP contribution in [0.1, 0.15) is 36.0 Å². The Morgan fingerprint density at radius 2 is 1.81 bits per heavy atom. The lowest BCUT2D eigenvalue weighted by Gasteiger charge is -2.18. The van der Waals surface area contributed by atoms with E-state index in [9.17, 15) is 9.59 Å². The first-order valence-electron chi connectivity index (χ1n) is 9.26. The molecule has 1 fully saturated rings. The lowest BCUT2D eigenvalue weighted by atomic mass is 10.1. The molecule has 1 atom stereocenters. The van der Waals surface area contributed by atoms with Crippen molar-refractivity contribution in [3.63, 3.8) is 0 Å². The molecule has 2 amide bonds. The lowest BCUT2D eigenvalue weighted by molar-refractivity contribution is -0.126. The normalized spacial score (nSPS) is 16.8. The second-order valence-electron chi connectivity index (χ2n) is 7.08. The first kappa shape index (κ1) is 18.2. The zero-order valence-electron chi connectivity index (χ0n) is 15.5. The van der Waals surface area contributed by atoms with Gasteiger partial charge in [-0.25, -0.2) is 0 Å². The molecule has 3 rings (SSSR count). The Bertz CT molecular complexity index is 766. The molecule has 0 spiro atoms. The summed E-state index contributed by atoms with van der Waals surface area (Å²) in [5.74, 6) is -0.0482. The molecule has 1 heterocycles. The van der Waals surface area contributed by atoms with Crippen LogP contribution in [0.15, 0.2) is 48.5 Å². The smallest absolute Gasteiger partial charge is 0.249 e. The van der Waals surface area contributed by atoms with Crippen LogP contribution >= 0.6 is 0 Å². The van der Waals surface area contributed by atoms with Gasteiger partial charge in [0.2, 0.25) is 11.8 Å². The number of carbonyl (C=O) groups is 2. The molecule has 136 valence electrons. The largest absolute Gasteiger partial charge is 0.344 e. The fourth-order valence-corrected chi connectivity index (χ4v) is 3.54. The summed E-state index contributed by atoms with van der Waals surface area (Å²) in [6, 6.07) is 15.9. The molecule has 1 aliphatic rings. The van der Waals surface area contributed by atoms with E-state index in [2.05, 4.69) is 23.5 Å². The van der Waals surface area contributed by atoms with Crippen LogP contribution in [-0.2, 0) is 16.0 Å². The molecule has 0 saturated carbocycles. The number of carbonyl (C=O) groups excluding carboxylic acids is 2. The minimum atomic E-state index is -0.403. The van der Waals surface area contributed by atoms with Crippen molar-refractivity contribution in [2.45, 2.75) is 45.6 Å². The van der Waals surface area contributed by atoms with Crippen LogP contribution in [0.4, 0.5) is 5.69 Å². The topological polar surface area (TPSA) is 49.4 Å². The molecule has 2 aromatic rings. The van der Waals surface area contributed by atoms with E-state index in [0.29, 0.717) is 19.4 Å². The Balaban J connectivity index is 1.51. The van der Waals surface area contributed by atoms with Crippen LogP contribution in [0.25, 0.3) is 0 Å². The van der Waals surface area contributed by atoms with E-state index in [1.54, 1.807) is 4.90 Å². The highest BCUT2D eigenvalue weighted by atomic mass is 16.2. The average Bonchev–Trinajstić information content (AvgIpc) is 2.95. The molecule has 2 aromatic carbocycles. The predicted molar refractivity (Wildman–Crippen MR) is 104 cm³/mol. The van der Waals surface area contributed by atoms with E-state index in [1.165, 1.54) is 5.56 Å². The monoisotopic (exact) mass is 350 g/mol. The summed E-state index contributed by atoms with van der Waals surface area (Å²) in [4.78, 5) is 26.7. The van der Waals surface area contributed by atoms with E-state index in [1.807, 2.05) is 44.2 Å². The molecule has 0 bridgehead atoms. The van der Waals surface area contributed by atoms with Gasteiger partial charge in [-0.15, -0.1) is 0 Å². The number of hydrogen-bond donors (Lipinski definition) is 1. The molecule has 1 N–H and O–H groups in total. The third-order valence-corrected chi connectivity index (χ3v) is 4.77. The van der Waals surface area contributed by atoms with Gasteiger partial charge >= 0.3 is 0 Å². The molecule has 26 heavy (non-hydrogen) atoms. The van der Waals surface area contributed by atoms with E-state index >= 15 is 0 Å². The number of aryl methyl sites for hydroxylation is 3. The predicted octanol–water partition coefficient (Wildman–Crippen LogP) is 3.55. The Morgan fingerprint density at radius 1 is 1.12 bits per heavy atom. The van der Waals surface area contributed by atoms with Crippen molar-refractivity contribution in [1.29, 1.82) is 0 Å². The molecular formula is C22H26N2O2. The lowest BCUT2D eigenvalue weighted by Crippen LogP contribution is -2.41. The quantitative estimate of drug-likeness (QED) is 0.866. The Hall–Kier alpha value is -2.62. The maximum Gasteiger partial charge on any atom is 0.249 e. The van der Waals surface area contributed by atoms with Crippen LogP contribution in [0.5, 0.6) is 0 Å². The van der Waals surface area contributed by atoms with Gasteiger partial charge in [0.05, 0.1) is 0 Å². The van der Waals surface area contributed by atoms with Gasteiger partial charge in [0.25, 0.3) is 0 Å². The minimum Gasteiger partial charge on any atom is -0.344 e. The standard InChI is InChI=1S/C22H26N2O2/c1-16-13-17(2)15-19(14-16)24-12-11-20(22(24)26)23-21(25)10-6-9-18-7-4-3-5-8-18/h3-5,7-8,13-15,20H,6,9-12H2,1-2H3,(H,23,25)/t20-/m0/s1. The molecule has 4 nitrogen and oxygen atoms in total. The number of rotatable bonds is 6. The molecule has 0 unspecified atom stereocenters. The fourth-order valence-electron chi connectivity index (χ4n) is 3.54. The number of hydrogen-bond acceptors (Lipinski definition) is 2. The summed E-state index contributed by atoms with van der Waals surface area (Å²) in [5.41, 5.74) is 4.44. The molecule has 4 heteroatoms. The van der Waals surface area contributed by atoms with Crippen molar-refractivity contribution in [3.05, 3.63) is 65.2 Å². The maximum absolute atomic E-state index is 12.7. The van der Waals surface area contributed by atoms with Gasteiger partial charge < -0.3 is 10.2 Å². The highest BCUT2D eigenvalue weighted by Crippen LogP contribution is 2.24. The van der Waals surface area contributed by atoms with Gasteiger partial charge in [-0.2, -0.15) is 0 Å². The summed E-state index contributed by atoms with van der Waals surface area (Å²) in [5, 5.41) is 2.91. The number of anilines is 1. The Labute approximate surface area is 155 Å². The van der Waals surface area contributed by atoms with Crippen molar-refractivity contribution in [3.8, 4) is 0 Å². The van der Waals surface area contributed by atoms with Crippen LogP contribution in [0, 0.1) is 13.8 Å². The van der Waals surface area contributed by atoms with Crippen LogP contribution < -0.4 is 10.2 Å². The zero-order valence-corrected chi connectivity index (χ0v) is 15.5. The Morgan fingerprint density at radius 3 is 2.50 bits per heavy atom. The molecular weight excluding hydrogens is 324 g/mol. The van der Waals surface area contributed by atoms with Crippen LogP contribution in [0.3, 0.4) is 0 Å². The summed E-state index contributed by atoms with van der Waals surface area (Å²) >= 11 is 0. The van der Waals surface area contributed by atoms with E-state index in [0.717, 1.165) is 29.7 Å². The summed E-state index contributed by atoms with van der Waals surface area (Å²) < 4.78 is 0. The summed E-state index contributed by atoms with van der Waals surface area (Å²) in [6.07, 6.45) is 2.78. The Kier molecular flexibility index (Phi) is 5.71. The van der Waals surface area contributed by atoms with Crippen LogP contribution in [-0.4, -0.2) is 24.4 Å². The zero-order chi connectivity index (χ0) is 18.5. The van der Waals surface area contributed by atoms with Crippen molar-refractivity contribution in [1.82, 2.24) is 5.32 Å². The van der Waals surface area contributed by atoms with Crippen molar-refractivity contribution in [2.24, 2.45) is 0 Å². The van der Waals surface area contributed by atoms with Crippen molar-refractivity contribution >= 4 is 17.5 Å². The third kappa shape index (κ3) is 4.51. The van der Waals surface area contributed by atoms with Gasteiger partial charge in [0.15, 0.2) is 0 Å². The molecule has 0 aliphatic carbocycles. The summed E-state index contributed by atoms with van der Waals surface area (Å²) in [7, 11) is 0. The molecule has 1 saturated heterocycles. The third-order valence-electron chi connectivity index (χ3n) is 4.77. The minimum absolute atomic E-state index is 0.00795. The highest BCUT2D eigenvalue weighted by molar-refractivity contribution is 6.01. The van der Waals surface area contributed by atoms with Gasteiger partial charge in [0.1, 0.15) is 6.04 Å². The van der Waals surface area contributed by atoms with Crippen molar-refractivity contribution < 1.29 is 9.59 Å². The first-order chi connectivity index (χ1) is 12.5. The summed E-state index contributed by atoms with van der Waals surface area (Å²) in [6.45, 7) is 4.71. The highest BCUT2D eigenvalue weighted by Gasteiger charge is 2.33. The van der Waals surface area contributed by atoms with Gasteiger partial charge in [-0.05, 0) is 61.9 Å². The number of nitrogens with zero attached hydrogens (tertiary/aromatic N) is 1. The molecule has 0 radical (unpaired) electrons. The van der Waals surface area contributed by atoms with Crippen molar-refractivity contribution in [2.75, 3.05) is 11.4 Å². The van der Waals surface area contributed by atoms with Gasteiger partial charge in [-0.1, -0.05) is 36.4 Å². The fraction of sp³-hybridized carbons (Fsp3) is 0.364. The SMILES string of the molecule is Cc1cc(C)cc(N2CC[C@H](NC(=O)CCCc3ccccc3)C2=O)c1. The second kappa shape index (κ2) is 8.17. The van der Waals surface area contributed by atoms with Crippen LogP contribution in [0.2, 0.25) is 0 Å². The van der Waals surface area contributed by atoms with Gasteiger partial charge in [-0.3, -0.25) is 9.59 Å².